The van der Waals surface area contributed by atoms with E-state index in [0.29, 0.717) is 41.9 Å². The maximum Gasteiger partial charge on any atom is 0.0811 e. The lowest BCUT2D eigenvalue weighted by Gasteiger charge is -2.44. The highest BCUT2D eigenvalue weighted by molar-refractivity contribution is 5.38. The lowest BCUT2D eigenvalue weighted by molar-refractivity contribution is 0.0862. The molecule has 4 aliphatic rings. The summed E-state index contributed by atoms with van der Waals surface area (Å²) in [7, 11) is 0. The van der Waals surface area contributed by atoms with Crippen LogP contribution in [0.1, 0.15) is 71.6 Å². The van der Waals surface area contributed by atoms with Crippen molar-refractivity contribution in [2.24, 2.45) is 29.1 Å². The Bertz CT molecular complexity index is 743. The van der Waals surface area contributed by atoms with Crippen molar-refractivity contribution in [3.05, 3.63) is 47.6 Å². The molecule has 4 aliphatic carbocycles. The van der Waals surface area contributed by atoms with Gasteiger partial charge in [-0.2, -0.15) is 0 Å². The van der Waals surface area contributed by atoms with E-state index < -0.39 is 12.2 Å². The molecule has 0 aliphatic heterocycles. The number of aliphatic hydroxyl groups excluding tert-OH is 3. The number of hydrogen-bond donors (Lipinski definition) is 3. The normalized spacial score (nSPS) is 42.1. The van der Waals surface area contributed by atoms with Crippen LogP contribution in [-0.4, -0.2) is 33.6 Å². The van der Waals surface area contributed by atoms with Crippen molar-refractivity contribution in [3.8, 4) is 0 Å². The lowest BCUT2D eigenvalue weighted by Crippen LogP contribution is -2.35. The quantitative estimate of drug-likeness (QED) is 0.551. The van der Waals surface area contributed by atoms with E-state index in [2.05, 4.69) is 44.7 Å². The van der Waals surface area contributed by atoms with Gasteiger partial charge in [-0.3, -0.25) is 0 Å². The molecule has 0 heterocycles. The summed E-state index contributed by atoms with van der Waals surface area (Å²) < 4.78 is 0. The lowest BCUT2D eigenvalue weighted by atomic mass is 9.61. The van der Waals surface area contributed by atoms with E-state index in [9.17, 15) is 15.3 Å². The summed E-state index contributed by atoms with van der Waals surface area (Å²) in [5.74, 6) is 2.28. The Balaban J connectivity index is 1.48. The summed E-state index contributed by atoms with van der Waals surface area (Å²) in [5, 5.41) is 30.4. The van der Waals surface area contributed by atoms with Crippen LogP contribution in [0.4, 0.5) is 0 Å². The molecule has 3 N–H and O–H groups in total. The van der Waals surface area contributed by atoms with Crippen LogP contribution in [0.25, 0.3) is 0 Å². The van der Waals surface area contributed by atoms with Gasteiger partial charge in [0, 0.05) is 6.42 Å². The molecule has 0 aromatic carbocycles. The summed E-state index contributed by atoms with van der Waals surface area (Å²) in [6.07, 6.45) is 16.9. The Labute approximate surface area is 182 Å². The minimum Gasteiger partial charge on any atom is -0.393 e. The van der Waals surface area contributed by atoms with Crippen molar-refractivity contribution >= 4 is 0 Å². The zero-order valence-corrected chi connectivity index (χ0v) is 18.8. The first-order valence-corrected chi connectivity index (χ1v) is 12.1. The molecule has 7 atom stereocenters. The monoisotopic (exact) mass is 412 g/mol. The maximum atomic E-state index is 10.2. The first-order valence-electron chi connectivity index (χ1n) is 12.1. The van der Waals surface area contributed by atoms with Crippen LogP contribution in [0.15, 0.2) is 47.6 Å². The Morgan fingerprint density at radius 2 is 1.87 bits per heavy atom. The van der Waals surface area contributed by atoms with Gasteiger partial charge in [-0.1, -0.05) is 50.3 Å². The van der Waals surface area contributed by atoms with Gasteiger partial charge in [0.1, 0.15) is 0 Å². The molecule has 3 heteroatoms. The van der Waals surface area contributed by atoms with Crippen LogP contribution in [0.3, 0.4) is 0 Å². The van der Waals surface area contributed by atoms with E-state index in [1.165, 1.54) is 44.1 Å². The molecule has 4 saturated carbocycles. The average molecular weight is 413 g/mol. The van der Waals surface area contributed by atoms with Gasteiger partial charge < -0.3 is 15.3 Å². The van der Waals surface area contributed by atoms with Crippen LogP contribution in [0.5, 0.6) is 0 Å². The van der Waals surface area contributed by atoms with Crippen molar-refractivity contribution in [3.63, 3.8) is 0 Å². The van der Waals surface area contributed by atoms with E-state index >= 15 is 0 Å². The van der Waals surface area contributed by atoms with Crippen molar-refractivity contribution in [2.45, 2.75) is 89.9 Å². The molecule has 4 rings (SSSR count). The zero-order chi connectivity index (χ0) is 21.5. The van der Waals surface area contributed by atoms with Gasteiger partial charge in [0.25, 0.3) is 0 Å². The largest absolute Gasteiger partial charge is 0.393 e. The number of hydrogen-bond acceptors (Lipinski definition) is 3. The van der Waals surface area contributed by atoms with Gasteiger partial charge >= 0.3 is 0 Å². The third-order valence-corrected chi connectivity index (χ3v) is 8.65. The Kier molecular flexibility index (Phi) is 6.44. The van der Waals surface area contributed by atoms with E-state index in [1.54, 1.807) is 0 Å². The molecule has 0 spiro atoms. The van der Waals surface area contributed by atoms with E-state index in [0.717, 1.165) is 17.6 Å². The van der Waals surface area contributed by atoms with Crippen LogP contribution in [0.2, 0.25) is 0 Å². The second-order valence-corrected chi connectivity index (χ2v) is 10.7. The molecule has 0 radical (unpaired) electrons. The third-order valence-electron chi connectivity index (χ3n) is 8.65. The Hall–Kier alpha value is -1.16. The van der Waals surface area contributed by atoms with Gasteiger partial charge in [0.15, 0.2) is 0 Å². The summed E-state index contributed by atoms with van der Waals surface area (Å²) in [5.41, 5.74) is 3.63. The zero-order valence-electron chi connectivity index (χ0n) is 18.8. The molecular formula is C27H40O3. The van der Waals surface area contributed by atoms with Crippen LogP contribution in [0, 0.1) is 29.1 Å². The fourth-order valence-corrected chi connectivity index (χ4v) is 6.63. The van der Waals surface area contributed by atoms with E-state index in [-0.39, 0.29) is 6.10 Å². The SMILES string of the molecule is C=C1C(=CC=C2CCC[C@@]3(C)[C@@H]2CC[C@H]3[C@H](C)C=C[C@@H](O)C2CC2)C[C@@H](O)C[C@H]1O. The minimum atomic E-state index is -0.621. The molecular weight excluding hydrogens is 372 g/mol. The first kappa shape index (κ1) is 22.0. The van der Waals surface area contributed by atoms with Gasteiger partial charge in [-0.15, -0.1) is 0 Å². The van der Waals surface area contributed by atoms with Crippen LogP contribution in [-0.2, 0) is 0 Å². The van der Waals surface area contributed by atoms with Crippen LogP contribution >= 0.6 is 0 Å². The molecule has 0 unspecified atom stereocenters. The van der Waals surface area contributed by atoms with Gasteiger partial charge in [-0.25, -0.2) is 0 Å². The molecule has 3 nitrogen and oxygen atoms in total. The standard InChI is InChI=1S/C27H40O3/c1-17(6-13-25(29)20-8-9-20)23-11-12-24-19(5-4-14-27(23,24)3)7-10-21-15-22(28)16-26(30)18(21)2/h6-7,10,13,17,20,22-26,28-30H,2,4-5,8-9,11-12,14-16H2,1,3H3/t17-,22-,23+,24-,25-,26-,27-/m1/s1. The Morgan fingerprint density at radius 3 is 2.60 bits per heavy atom. The molecule has 166 valence electrons. The average Bonchev–Trinajstić information content (AvgIpc) is 3.49. The fraction of sp³-hybridized carbons (Fsp3) is 0.704. The van der Waals surface area contributed by atoms with Crippen molar-refractivity contribution in [1.82, 2.24) is 0 Å². The maximum absolute atomic E-state index is 10.2. The predicted octanol–water partition coefficient (Wildman–Crippen LogP) is 5.09. The number of allylic oxidation sites excluding steroid dienone is 4. The number of fused-ring (bicyclic) bond motifs is 1. The molecule has 0 amide bonds. The molecule has 0 aromatic rings. The van der Waals surface area contributed by atoms with Gasteiger partial charge in [0.2, 0.25) is 0 Å². The van der Waals surface area contributed by atoms with Gasteiger partial charge in [0.05, 0.1) is 18.3 Å². The molecule has 30 heavy (non-hydrogen) atoms. The van der Waals surface area contributed by atoms with Crippen molar-refractivity contribution in [2.75, 3.05) is 0 Å². The third kappa shape index (κ3) is 4.40. The van der Waals surface area contributed by atoms with Crippen molar-refractivity contribution < 1.29 is 15.3 Å². The smallest absolute Gasteiger partial charge is 0.0811 e. The molecule has 0 aromatic heterocycles. The second kappa shape index (κ2) is 8.76. The van der Waals surface area contributed by atoms with Gasteiger partial charge in [-0.05, 0) is 91.6 Å². The highest BCUT2D eigenvalue weighted by Crippen LogP contribution is 2.59. The number of rotatable bonds is 5. The summed E-state index contributed by atoms with van der Waals surface area (Å²) in [4.78, 5) is 0. The first-order chi connectivity index (χ1) is 14.3. The second-order valence-electron chi connectivity index (χ2n) is 10.7. The number of aliphatic hydroxyl groups is 3. The van der Waals surface area contributed by atoms with E-state index in [1.807, 2.05) is 0 Å². The molecule has 0 saturated heterocycles. The predicted molar refractivity (Wildman–Crippen MR) is 122 cm³/mol. The molecule has 0 bridgehead atoms. The minimum absolute atomic E-state index is 0.250. The highest BCUT2D eigenvalue weighted by atomic mass is 16.3. The fourth-order valence-electron chi connectivity index (χ4n) is 6.63. The topological polar surface area (TPSA) is 60.7 Å². The molecule has 4 fully saturated rings. The van der Waals surface area contributed by atoms with E-state index in [4.69, 9.17) is 0 Å². The summed E-state index contributed by atoms with van der Waals surface area (Å²) in [6, 6.07) is 0. The highest BCUT2D eigenvalue weighted by Gasteiger charge is 2.50. The summed E-state index contributed by atoms with van der Waals surface area (Å²) in [6.45, 7) is 8.88. The Morgan fingerprint density at radius 1 is 1.10 bits per heavy atom. The van der Waals surface area contributed by atoms with Crippen molar-refractivity contribution in [1.29, 1.82) is 0 Å². The summed E-state index contributed by atoms with van der Waals surface area (Å²) >= 11 is 0. The van der Waals surface area contributed by atoms with Crippen LogP contribution < -0.4 is 0 Å².